The Balaban J connectivity index is 1.43. The van der Waals surface area contributed by atoms with E-state index in [1.54, 1.807) is 48.4 Å². The fraction of sp³-hybridized carbons (Fsp3) is 0.364. The first-order valence-electron chi connectivity index (χ1n) is 10.3. The Labute approximate surface area is 189 Å². The van der Waals surface area contributed by atoms with Gasteiger partial charge in [0.2, 0.25) is 5.95 Å². The van der Waals surface area contributed by atoms with E-state index in [1.807, 2.05) is 12.3 Å². The van der Waals surface area contributed by atoms with Crippen molar-refractivity contribution in [2.24, 2.45) is 5.73 Å². The molecule has 0 bridgehead atoms. The number of nitrogens with one attached hydrogen (secondary N) is 1. The number of hydrogen-bond donors (Lipinski definition) is 2. The minimum atomic E-state index is -2.88. The van der Waals surface area contributed by atoms with Gasteiger partial charge in [0.05, 0.1) is 30.6 Å². The van der Waals surface area contributed by atoms with Gasteiger partial charge in [-0.15, -0.1) is 0 Å². The van der Waals surface area contributed by atoms with Crippen molar-refractivity contribution >= 4 is 11.6 Å². The van der Waals surface area contributed by atoms with Gasteiger partial charge in [-0.2, -0.15) is 19.1 Å². The van der Waals surface area contributed by atoms with Crippen LogP contribution >= 0.6 is 0 Å². The van der Waals surface area contributed by atoms with Crippen LogP contribution in [0.15, 0.2) is 43.0 Å². The van der Waals surface area contributed by atoms with Gasteiger partial charge in [-0.05, 0) is 37.5 Å². The van der Waals surface area contributed by atoms with E-state index in [-0.39, 0.29) is 23.5 Å². The molecule has 33 heavy (non-hydrogen) atoms. The van der Waals surface area contributed by atoms with Crippen molar-refractivity contribution < 1.29 is 18.3 Å². The van der Waals surface area contributed by atoms with E-state index in [4.69, 9.17) is 10.5 Å². The Hall–Kier alpha value is -3.62. The SMILES string of the molecule is C[C@@H](COC(F)F)Oc1cc(-c2cnc(Nc3cnn(CC4(N)CC4)c3)nc2)ccc1C#N. The molecular weight excluding hydrogens is 432 g/mol. The summed E-state index contributed by atoms with van der Waals surface area (Å²) in [5.41, 5.74) is 8.42. The van der Waals surface area contributed by atoms with Crippen molar-refractivity contribution in [3.63, 3.8) is 0 Å². The third kappa shape index (κ3) is 6.00. The first-order chi connectivity index (χ1) is 15.8. The van der Waals surface area contributed by atoms with E-state index >= 15 is 0 Å². The van der Waals surface area contributed by atoms with Crippen LogP contribution in [0.1, 0.15) is 25.3 Å². The minimum Gasteiger partial charge on any atom is -0.487 e. The predicted octanol–water partition coefficient (Wildman–Crippen LogP) is 3.45. The number of nitriles is 1. The summed E-state index contributed by atoms with van der Waals surface area (Å²) in [6.07, 6.45) is 8.15. The van der Waals surface area contributed by atoms with Gasteiger partial charge in [-0.25, -0.2) is 9.97 Å². The Morgan fingerprint density at radius 2 is 2.00 bits per heavy atom. The molecule has 1 atom stereocenters. The largest absolute Gasteiger partial charge is 0.487 e. The molecule has 1 aliphatic rings. The average molecular weight is 455 g/mol. The zero-order chi connectivity index (χ0) is 23.4. The molecule has 1 fully saturated rings. The molecule has 2 heterocycles. The van der Waals surface area contributed by atoms with E-state index in [0.29, 0.717) is 23.6 Å². The molecule has 3 aromatic rings. The smallest absolute Gasteiger partial charge is 0.345 e. The van der Waals surface area contributed by atoms with Crippen LogP contribution < -0.4 is 15.8 Å². The highest BCUT2D eigenvalue weighted by molar-refractivity contribution is 5.66. The second-order valence-corrected chi connectivity index (χ2v) is 8.05. The molecule has 0 radical (unpaired) electrons. The number of nitrogens with two attached hydrogens (primary N) is 1. The Morgan fingerprint density at radius 1 is 1.24 bits per heavy atom. The van der Waals surface area contributed by atoms with E-state index in [1.165, 1.54) is 0 Å². The van der Waals surface area contributed by atoms with Gasteiger partial charge in [0.1, 0.15) is 17.9 Å². The van der Waals surface area contributed by atoms with Gasteiger partial charge in [-0.3, -0.25) is 4.68 Å². The van der Waals surface area contributed by atoms with Gasteiger partial charge in [0, 0.05) is 29.7 Å². The lowest BCUT2D eigenvalue weighted by Crippen LogP contribution is -2.28. The summed E-state index contributed by atoms with van der Waals surface area (Å²) in [7, 11) is 0. The number of anilines is 2. The summed E-state index contributed by atoms with van der Waals surface area (Å²) in [5, 5.41) is 16.7. The normalized spacial score (nSPS) is 15.2. The number of rotatable bonds is 10. The fourth-order valence-electron chi connectivity index (χ4n) is 3.18. The van der Waals surface area contributed by atoms with Crippen LogP contribution in [0.4, 0.5) is 20.4 Å². The molecule has 172 valence electrons. The number of nitrogens with zero attached hydrogens (tertiary/aromatic N) is 5. The number of aromatic nitrogens is 4. The fourth-order valence-corrected chi connectivity index (χ4v) is 3.18. The minimum absolute atomic E-state index is 0.140. The van der Waals surface area contributed by atoms with Crippen LogP contribution in [-0.4, -0.2) is 44.6 Å². The van der Waals surface area contributed by atoms with Gasteiger partial charge < -0.3 is 20.5 Å². The van der Waals surface area contributed by atoms with E-state index in [2.05, 4.69) is 25.1 Å². The average Bonchev–Trinajstić information content (AvgIpc) is 3.36. The van der Waals surface area contributed by atoms with Crippen molar-refractivity contribution in [3.8, 4) is 22.9 Å². The zero-order valence-corrected chi connectivity index (χ0v) is 17.9. The molecule has 0 amide bonds. The lowest BCUT2D eigenvalue weighted by molar-refractivity contribution is -0.142. The molecule has 3 N–H and O–H groups in total. The number of halogens is 2. The Bertz CT molecular complexity index is 1140. The maximum atomic E-state index is 12.2. The summed E-state index contributed by atoms with van der Waals surface area (Å²) in [4.78, 5) is 8.67. The van der Waals surface area contributed by atoms with Gasteiger partial charge in [0.15, 0.2) is 0 Å². The molecule has 0 saturated heterocycles. The van der Waals surface area contributed by atoms with E-state index in [0.717, 1.165) is 18.5 Å². The summed E-state index contributed by atoms with van der Waals surface area (Å²) < 4.78 is 36.2. The van der Waals surface area contributed by atoms with Crippen LogP contribution in [0.5, 0.6) is 5.75 Å². The molecular formula is C22H23F2N7O2. The second kappa shape index (κ2) is 9.48. The van der Waals surface area contributed by atoms with Crippen molar-refractivity contribution in [3.05, 3.63) is 48.5 Å². The van der Waals surface area contributed by atoms with Crippen LogP contribution in [0.25, 0.3) is 11.1 Å². The number of ether oxygens (including phenoxy) is 2. The molecule has 4 rings (SSSR count). The van der Waals surface area contributed by atoms with Crippen molar-refractivity contribution in [1.29, 1.82) is 5.26 Å². The first-order valence-corrected chi connectivity index (χ1v) is 10.3. The molecule has 1 saturated carbocycles. The van der Waals surface area contributed by atoms with Gasteiger partial charge in [-0.1, -0.05) is 6.07 Å². The second-order valence-electron chi connectivity index (χ2n) is 8.05. The standard InChI is InChI=1S/C22H23F2N7O2/c1-14(12-32-20(23)24)33-19-6-15(2-3-16(19)7-25)17-8-27-21(28-9-17)30-18-10-29-31(11-18)13-22(26)4-5-22/h2-3,6,8-11,14,20H,4-5,12-13,26H2,1H3,(H,27,28,30)/t14-/m0/s1. The van der Waals surface area contributed by atoms with Crippen LogP contribution in [0.2, 0.25) is 0 Å². The topological polar surface area (TPSA) is 124 Å². The van der Waals surface area contributed by atoms with Crippen molar-refractivity contribution in [1.82, 2.24) is 19.7 Å². The third-order valence-corrected chi connectivity index (χ3v) is 5.13. The molecule has 0 aliphatic heterocycles. The summed E-state index contributed by atoms with van der Waals surface area (Å²) in [6.45, 7) is -0.935. The highest BCUT2D eigenvalue weighted by Gasteiger charge is 2.38. The highest BCUT2D eigenvalue weighted by Crippen LogP contribution is 2.34. The predicted molar refractivity (Wildman–Crippen MR) is 116 cm³/mol. The lowest BCUT2D eigenvalue weighted by atomic mass is 10.1. The Kier molecular flexibility index (Phi) is 6.48. The number of alkyl halides is 2. The molecule has 1 aromatic carbocycles. The molecule has 2 aromatic heterocycles. The Morgan fingerprint density at radius 3 is 2.67 bits per heavy atom. The van der Waals surface area contributed by atoms with Crippen molar-refractivity contribution in [2.45, 2.75) is 44.6 Å². The van der Waals surface area contributed by atoms with Crippen molar-refractivity contribution in [2.75, 3.05) is 11.9 Å². The first kappa shape index (κ1) is 22.6. The number of hydrogen-bond acceptors (Lipinski definition) is 8. The maximum Gasteiger partial charge on any atom is 0.345 e. The summed E-state index contributed by atoms with van der Waals surface area (Å²) in [5.74, 6) is 0.665. The lowest BCUT2D eigenvalue weighted by Gasteiger charge is -2.16. The van der Waals surface area contributed by atoms with Gasteiger partial charge >= 0.3 is 6.61 Å². The van der Waals surface area contributed by atoms with Crippen LogP contribution in [0, 0.1) is 11.3 Å². The molecule has 11 heteroatoms. The third-order valence-electron chi connectivity index (χ3n) is 5.13. The van der Waals surface area contributed by atoms with Gasteiger partial charge in [0.25, 0.3) is 0 Å². The highest BCUT2D eigenvalue weighted by atomic mass is 19.3. The molecule has 9 nitrogen and oxygen atoms in total. The summed E-state index contributed by atoms with van der Waals surface area (Å²) >= 11 is 0. The van der Waals surface area contributed by atoms with E-state index in [9.17, 15) is 14.0 Å². The summed E-state index contributed by atoms with van der Waals surface area (Å²) in [6, 6.07) is 7.01. The van der Waals surface area contributed by atoms with Crippen LogP contribution in [0.3, 0.4) is 0 Å². The molecule has 0 spiro atoms. The molecule has 1 aliphatic carbocycles. The quantitative estimate of drug-likeness (QED) is 0.476. The zero-order valence-electron chi connectivity index (χ0n) is 17.9. The molecule has 0 unspecified atom stereocenters. The number of benzene rings is 1. The van der Waals surface area contributed by atoms with E-state index < -0.39 is 12.7 Å². The van der Waals surface area contributed by atoms with Crippen LogP contribution in [-0.2, 0) is 11.3 Å². The monoisotopic (exact) mass is 455 g/mol. The maximum absolute atomic E-state index is 12.2.